The molecule has 0 amide bonds. The number of hydrogen-bond acceptors (Lipinski definition) is 4. The van der Waals surface area contributed by atoms with Crippen LogP contribution in [0.1, 0.15) is 24.0 Å². The first-order valence-corrected chi connectivity index (χ1v) is 9.43. The highest BCUT2D eigenvalue weighted by atomic mass is 127. The Morgan fingerprint density at radius 1 is 1.12 bits per heavy atom. The van der Waals surface area contributed by atoms with Crippen molar-refractivity contribution >= 4 is 51.5 Å². The number of rotatable bonds is 7. The molecule has 7 heteroatoms. The fraction of sp³-hybridized carbons (Fsp3) is 0.316. The van der Waals surface area contributed by atoms with Crippen LogP contribution in [0.3, 0.4) is 0 Å². The predicted molar refractivity (Wildman–Crippen MR) is 120 cm³/mol. The summed E-state index contributed by atoms with van der Waals surface area (Å²) in [5.41, 5.74) is 2.06. The third kappa shape index (κ3) is 6.21. The Morgan fingerprint density at radius 2 is 1.96 bits per heavy atom. The highest BCUT2D eigenvalue weighted by Gasteiger charge is 2.03. The first-order chi connectivity index (χ1) is 12.3. The normalized spacial score (nSPS) is 11.2. The van der Waals surface area contributed by atoms with Gasteiger partial charge in [0.2, 0.25) is 0 Å². The molecule has 1 aromatic carbocycles. The SMILES string of the molecule is CCNC(=NCc1ccccn1)NCCCc1nc2ccccc2s1.I. The maximum Gasteiger partial charge on any atom is 0.191 e. The van der Waals surface area contributed by atoms with E-state index in [2.05, 4.69) is 50.7 Å². The molecule has 3 rings (SSSR count). The number of guanidine groups is 1. The maximum absolute atomic E-state index is 4.68. The molecule has 0 atom stereocenters. The van der Waals surface area contributed by atoms with Crippen LogP contribution >= 0.6 is 35.3 Å². The lowest BCUT2D eigenvalue weighted by molar-refractivity contribution is 0.741. The molecule has 0 radical (unpaired) electrons. The minimum absolute atomic E-state index is 0. The van der Waals surface area contributed by atoms with Crippen LogP contribution in [0.15, 0.2) is 53.7 Å². The van der Waals surface area contributed by atoms with E-state index in [4.69, 9.17) is 0 Å². The Kier molecular flexibility index (Phi) is 8.76. The zero-order valence-electron chi connectivity index (χ0n) is 14.8. The zero-order chi connectivity index (χ0) is 17.3. The summed E-state index contributed by atoms with van der Waals surface area (Å²) in [6, 6.07) is 14.2. The van der Waals surface area contributed by atoms with Crippen LogP contribution in [0.4, 0.5) is 0 Å². The van der Waals surface area contributed by atoms with Crippen LogP contribution < -0.4 is 10.6 Å². The Hall–Kier alpha value is -1.74. The number of benzene rings is 1. The second-order valence-electron chi connectivity index (χ2n) is 5.62. The first kappa shape index (κ1) is 20.6. The van der Waals surface area contributed by atoms with E-state index in [1.807, 2.05) is 24.3 Å². The Morgan fingerprint density at radius 3 is 2.73 bits per heavy atom. The van der Waals surface area contributed by atoms with Gasteiger partial charge in [0.1, 0.15) is 0 Å². The van der Waals surface area contributed by atoms with Crippen molar-refractivity contribution in [3.8, 4) is 0 Å². The molecular formula is C19H24IN5S. The summed E-state index contributed by atoms with van der Waals surface area (Å²) in [5.74, 6) is 0.831. The van der Waals surface area contributed by atoms with E-state index in [0.29, 0.717) is 6.54 Å². The van der Waals surface area contributed by atoms with Gasteiger partial charge < -0.3 is 10.6 Å². The zero-order valence-corrected chi connectivity index (χ0v) is 18.0. The van der Waals surface area contributed by atoms with Gasteiger partial charge in [-0.3, -0.25) is 4.98 Å². The number of nitrogens with one attached hydrogen (secondary N) is 2. The number of aliphatic imine (C=N–C) groups is 1. The van der Waals surface area contributed by atoms with Crippen molar-refractivity contribution in [3.05, 3.63) is 59.4 Å². The summed E-state index contributed by atoms with van der Waals surface area (Å²) in [6.45, 7) is 4.35. The lowest BCUT2D eigenvalue weighted by Gasteiger charge is -2.10. The van der Waals surface area contributed by atoms with E-state index in [0.717, 1.165) is 43.1 Å². The number of fused-ring (bicyclic) bond motifs is 1. The Bertz CT molecular complexity index is 786. The molecule has 2 aromatic heterocycles. The van der Waals surface area contributed by atoms with Gasteiger partial charge >= 0.3 is 0 Å². The second-order valence-corrected chi connectivity index (χ2v) is 6.74. The molecule has 0 spiro atoms. The van der Waals surface area contributed by atoms with Gasteiger partial charge in [0.15, 0.2) is 5.96 Å². The minimum Gasteiger partial charge on any atom is -0.357 e. The molecule has 0 aliphatic rings. The molecular weight excluding hydrogens is 457 g/mol. The van der Waals surface area contributed by atoms with Crippen LogP contribution in [-0.2, 0) is 13.0 Å². The van der Waals surface area contributed by atoms with Gasteiger partial charge in [0.25, 0.3) is 0 Å². The summed E-state index contributed by atoms with van der Waals surface area (Å²) in [4.78, 5) is 13.6. The van der Waals surface area contributed by atoms with Crippen molar-refractivity contribution in [3.63, 3.8) is 0 Å². The highest BCUT2D eigenvalue weighted by molar-refractivity contribution is 14.0. The summed E-state index contributed by atoms with van der Waals surface area (Å²) in [6.07, 6.45) is 3.79. The van der Waals surface area contributed by atoms with Gasteiger partial charge in [0, 0.05) is 25.7 Å². The Balaban J connectivity index is 0.00000243. The van der Waals surface area contributed by atoms with Crippen molar-refractivity contribution in [1.29, 1.82) is 0 Å². The standard InChI is InChI=1S/C19H23N5S.HI/c1-2-20-19(23-14-15-8-5-6-12-21-15)22-13-7-11-18-24-16-9-3-4-10-17(16)25-18;/h3-6,8-10,12H,2,7,11,13-14H2,1H3,(H2,20,22,23);1H. The predicted octanol–water partition coefficient (Wildman–Crippen LogP) is 4.00. The summed E-state index contributed by atoms with van der Waals surface area (Å²) in [7, 11) is 0. The lowest BCUT2D eigenvalue weighted by atomic mass is 10.3. The van der Waals surface area contributed by atoms with Crippen molar-refractivity contribution in [2.75, 3.05) is 13.1 Å². The number of aryl methyl sites for hydroxylation is 1. The minimum atomic E-state index is 0. The number of pyridine rings is 1. The molecule has 0 aliphatic carbocycles. The molecule has 2 heterocycles. The summed E-state index contributed by atoms with van der Waals surface area (Å²) in [5, 5.41) is 7.85. The molecule has 0 fully saturated rings. The third-order valence-electron chi connectivity index (χ3n) is 3.67. The molecule has 0 unspecified atom stereocenters. The third-order valence-corrected chi connectivity index (χ3v) is 4.76. The van der Waals surface area contributed by atoms with Crippen LogP contribution in [0.25, 0.3) is 10.2 Å². The number of nitrogens with zero attached hydrogens (tertiary/aromatic N) is 3. The second kappa shape index (κ2) is 11.1. The van der Waals surface area contributed by atoms with Crippen LogP contribution in [0.2, 0.25) is 0 Å². The molecule has 0 saturated carbocycles. The highest BCUT2D eigenvalue weighted by Crippen LogP contribution is 2.22. The van der Waals surface area contributed by atoms with Gasteiger partial charge in [-0.1, -0.05) is 18.2 Å². The van der Waals surface area contributed by atoms with E-state index in [1.165, 1.54) is 9.71 Å². The maximum atomic E-state index is 4.68. The number of halogens is 1. The fourth-order valence-electron chi connectivity index (χ4n) is 2.47. The van der Waals surface area contributed by atoms with E-state index in [-0.39, 0.29) is 24.0 Å². The molecule has 26 heavy (non-hydrogen) atoms. The van der Waals surface area contributed by atoms with E-state index < -0.39 is 0 Å². The first-order valence-electron chi connectivity index (χ1n) is 8.61. The van der Waals surface area contributed by atoms with E-state index >= 15 is 0 Å². The lowest BCUT2D eigenvalue weighted by Crippen LogP contribution is -2.37. The van der Waals surface area contributed by atoms with Gasteiger partial charge in [-0.25, -0.2) is 9.98 Å². The van der Waals surface area contributed by atoms with Crippen LogP contribution in [0.5, 0.6) is 0 Å². The average molecular weight is 481 g/mol. The topological polar surface area (TPSA) is 62.2 Å². The largest absolute Gasteiger partial charge is 0.357 e. The van der Waals surface area contributed by atoms with Crippen LogP contribution in [-0.4, -0.2) is 29.0 Å². The summed E-state index contributed by atoms with van der Waals surface area (Å²) >= 11 is 1.78. The van der Waals surface area contributed by atoms with Crippen molar-refractivity contribution in [2.24, 2.45) is 4.99 Å². The molecule has 2 N–H and O–H groups in total. The van der Waals surface area contributed by atoms with Crippen molar-refractivity contribution in [2.45, 2.75) is 26.3 Å². The number of aromatic nitrogens is 2. The number of thiazole rings is 1. The molecule has 0 bridgehead atoms. The molecule has 0 saturated heterocycles. The van der Waals surface area contributed by atoms with E-state index in [1.54, 1.807) is 17.5 Å². The van der Waals surface area contributed by atoms with Crippen molar-refractivity contribution in [1.82, 2.24) is 20.6 Å². The van der Waals surface area contributed by atoms with Gasteiger partial charge in [0.05, 0.1) is 27.5 Å². The quantitative estimate of drug-likeness (QED) is 0.232. The molecule has 0 aliphatic heterocycles. The molecule has 138 valence electrons. The monoisotopic (exact) mass is 481 g/mol. The van der Waals surface area contributed by atoms with E-state index in [9.17, 15) is 0 Å². The molecule has 5 nitrogen and oxygen atoms in total. The van der Waals surface area contributed by atoms with Gasteiger partial charge in [-0.05, 0) is 37.6 Å². The molecule has 3 aromatic rings. The fourth-order valence-corrected chi connectivity index (χ4v) is 3.48. The number of para-hydroxylation sites is 1. The van der Waals surface area contributed by atoms with Gasteiger partial charge in [-0.15, -0.1) is 35.3 Å². The smallest absolute Gasteiger partial charge is 0.191 e. The number of hydrogen-bond donors (Lipinski definition) is 2. The Labute approximate surface area is 175 Å². The van der Waals surface area contributed by atoms with Gasteiger partial charge in [-0.2, -0.15) is 0 Å². The summed E-state index contributed by atoms with van der Waals surface area (Å²) < 4.78 is 1.26. The van der Waals surface area contributed by atoms with Crippen molar-refractivity contribution < 1.29 is 0 Å². The average Bonchev–Trinajstić information content (AvgIpc) is 3.07. The van der Waals surface area contributed by atoms with Crippen LogP contribution in [0, 0.1) is 0 Å².